The summed E-state index contributed by atoms with van der Waals surface area (Å²) < 4.78 is 38.5. The molecule has 1 aromatic heterocycles. The highest BCUT2D eigenvalue weighted by Crippen LogP contribution is 2.31. The number of carbonyl (C=O) groups is 2. The van der Waals surface area contributed by atoms with Gasteiger partial charge in [0, 0.05) is 6.92 Å². The van der Waals surface area contributed by atoms with Crippen LogP contribution >= 0.6 is 0 Å². The molecule has 2 aromatic rings. The Kier molecular flexibility index (Phi) is 4.34. The number of hydrogen-bond acceptors (Lipinski definition) is 6. The van der Waals surface area contributed by atoms with Crippen LogP contribution < -0.4 is 10.2 Å². The van der Waals surface area contributed by atoms with E-state index in [9.17, 15) is 18.4 Å². The van der Waals surface area contributed by atoms with E-state index in [0.29, 0.717) is 0 Å². The minimum atomic E-state index is -0.947. The van der Waals surface area contributed by atoms with Gasteiger partial charge in [-0.3, -0.25) is 9.69 Å². The molecular formula is C15H14F2N4O4. The number of aromatic nitrogens is 2. The molecule has 1 N–H and O–H groups in total. The summed E-state index contributed by atoms with van der Waals surface area (Å²) in [6.07, 6.45) is -1.36. The van der Waals surface area contributed by atoms with Crippen molar-refractivity contribution >= 4 is 17.7 Å². The largest absolute Gasteiger partial charge is 0.442 e. The van der Waals surface area contributed by atoms with Crippen molar-refractivity contribution in [2.45, 2.75) is 20.0 Å². The molecule has 1 aliphatic rings. The lowest BCUT2D eigenvalue weighted by molar-refractivity contribution is -0.119. The molecule has 132 valence electrons. The highest BCUT2D eigenvalue weighted by Gasteiger charge is 2.33. The number of ether oxygens (including phenoxy) is 1. The fourth-order valence-corrected chi connectivity index (χ4v) is 2.41. The van der Waals surface area contributed by atoms with Gasteiger partial charge in [0.25, 0.3) is 5.89 Å². The summed E-state index contributed by atoms with van der Waals surface area (Å²) in [5.41, 5.74) is -0.475. The van der Waals surface area contributed by atoms with E-state index in [1.807, 2.05) is 0 Å². The molecule has 0 radical (unpaired) electrons. The minimum Gasteiger partial charge on any atom is -0.442 e. The number of nitrogens with one attached hydrogen (secondary N) is 1. The van der Waals surface area contributed by atoms with E-state index in [1.54, 1.807) is 0 Å². The number of carbonyl (C=O) groups excluding carboxylic acids is 2. The van der Waals surface area contributed by atoms with E-state index in [1.165, 1.54) is 13.8 Å². The summed E-state index contributed by atoms with van der Waals surface area (Å²) in [4.78, 5) is 27.7. The van der Waals surface area contributed by atoms with Crippen molar-refractivity contribution in [3.8, 4) is 11.5 Å². The summed E-state index contributed by atoms with van der Waals surface area (Å²) >= 11 is 0. The van der Waals surface area contributed by atoms with Crippen molar-refractivity contribution in [3.63, 3.8) is 0 Å². The minimum absolute atomic E-state index is 0.00897. The molecule has 3 rings (SSSR count). The summed E-state index contributed by atoms with van der Waals surface area (Å²) in [5, 5.41) is 6.01. The molecule has 1 fully saturated rings. The van der Waals surface area contributed by atoms with Gasteiger partial charge in [0.1, 0.15) is 23.3 Å². The molecule has 2 amide bonds. The average Bonchev–Trinajstić information content (AvgIpc) is 3.10. The van der Waals surface area contributed by atoms with Crippen molar-refractivity contribution in [2.75, 3.05) is 18.0 Å². The molecule has 8 nitrogen and oxygen atoms in total. The van der Waals surface area contributed by atoms with Crippen molar-refractivity contribution in [3.05, 3.63) is 29.6 Å². The molecule has 0 aliphatic carbocycles. The third-order valence-electron chi connectivity index (χ3n) is 3.53. The summed E-state index contributed by atoms with van der Waals surface area (Å²) in [7, 11) is 0. The topological polar surface area (TPSA) is 97.6 Å². The zero-order chi connectivity index (χ0) is 18.1. The van der Waals surface area contributed by atoms with Gasteiger partial charge in [0.05, 0.1) is 18.8 Å². The third kappa shape index (κ3) is 3.42. The number of nitrogens with zero attached hydrogens (tertiary/aromatic N) is 3. The van der Waals surface area contributed by atoms with Crippen molar-refractivity contribution in [1.82, 2.24) is 15.5 Å². The lowest BCUT2D eigenvalue weighted by Crippen LogP contribution is -2.33. The van der Waals surface area contributed by atoms with Crippen molar-refractivity contribution in [1.29, 1.82) is 0 Å². The first-order valence-electron chi connectivity index (χ1n) is 7.37. The van der Waals surface area contributed by atoms with Crippen LogP contribution in [0.5, 0.6) is 0 Å². The Hall–Kier alpha value is -3.04. The maximum Gasteiger partial charge on any atom is 0.414 e. The Morgan fingerprint density at radius 1 is 1.40 bits per heavy atom. The molecule has 1 aliphatic heterocycles. The van der Waals surface area contributed by atoms with Gasteiger partial charge in [-0.05, 0) is 19.1 Å². The predicted octanol–water partition coefficient (Wildman–Crippen LogP) is 1.78. The summed E-state index contributed by atoms with van der Waals surface area (Å²) in [5.74, 6) is -2.22. The second kappa shape index (κ2) is 6.46. The fourth-order valence-electron chi connectivity index (χ4n) is 2.41. The molecular weight excluding hydrogens is 338 g/mol. The number of cyclic esters (lactones) is 1. The Balaban J connectivity index is 1.84. The second-order valence-corrected chi connectivity index (χ2v) is 5.48. The van der Waals surface area contributed by atoms with Gasteiger partial charge in [0.15, 0.2) is 5.82 Å². The number of hydrogen-bond donors (Lipinski definition) is 1. The summed E-state index contributed by atoms with van der Waals surface area (Å²) in [6, 6.07) is 1.97. The van der Waals surface area contributed by atoms with E-state index in [2.05, 4.69) is 15.5 Å². The average molecular weight is 352 g/mol. The normalized spacial score (nSPS) is 16.9. The molecule has 0 spiro atoms. The Morgan fingerprint density at radius 3 is 2.64 bits per heavy atom. The van der Waals surface area contributed by atoms with E-state index in [4.69, 9.17) is 9.26 Å². The first kappa shape index (κ1) is 16.8. The van der Waals surface area contributed by atoms with Crippen molar-refractivity contribution < 1.29 is 27.6 Å². The van der Waals surface area contributed by atoms with Crippen LogP contribution in [-0.2, 0) is 9.53 Å². The monoisotopic (exact) mass is 352 g/mol. The lowest BCUT2D eigenvalue weighted by atomic mass is 10.1. The Labute approximate surface area is 140 Å². The van der Waals surface area contributed by atoms with E-state index < -0.39 is 29.4 Å². The summed E-state index contributed by atoms with van der Waals surface area (Å²) in [6.45, 7) is 3.02. The van der Waals surface area contributed by atoms with E-state index in [0.717, 1.165) is 17.0 Å². The Morgan fingerprint density at radius 2 is 2.08 bits per heavy atom. The molecule has 1 saturated heterocycles. The number of benzene rings is 1. The van der Waals surface area contributed by atoms with Gasteiger partial charge in [0.2, 0.25) is 5.91 Å². The first-order valence-corrected chi connectivity index (χ1v) is 7.37. The maximum atomic E-state index is 14.3. The highest BCUT2D eigenvalue weighted by molar-refractivity contribution is 5.90. The van der Waals surface area contributed by atoms with Crippen LogP contribution in [0.4, 0.5) is 19.3 Å². The SMILES string of the molecule is CC(=O)NCC1CN(c2cc(F)c(-c3nc(C)no3)c(F)c2)C(=O)O1. The molecule has 2 heterocycles. The number of amides is 2. The molecule has 0 saturated carbocycles. The molecule has 25 heavy (non-hydrogen) atoms. The second-order valence-electron chi connectivity index (χ2n) is 5.48. The lowest BCUT2D eigenvalue weighted by Gasteiger charge is -2.14. The van der Waals surface area contributed by atoms with Crippen LogP contribution in [0, 0.1) is 18.6 Å². The standard InChI is InChI=1S/C15H14F2N4O4/c1-7-19-14(25-20-7)13-11(16)3-9(4-12(13)17)21-6-10(24-15(21)23)5-18-8(2)22/h3-4,10H,5-6H2,1-2H3,(H,18,22). The zero-order valence-electron chi connectivity index (χ0n) is 13.4. The zero-order valence-corrected chi connectivity index (χ0v) is 13.4. The maximum absolute atomic E-state index is 14.3. The van der Waals surface area contributed by atoms with Crippen LogP contribution in [0.3, 0.4) is 0 Å². The number of anilines is 1. The number of rotatable bonds is 4. The van der Waals surface area contributed by atoms with Crippen LogP contribution in [0.25, 0.3) is 11.5 Å². The Bertz CT molecular complexity index is 816. The van der Waals surface area contributed by atoms with Crippen molar-refractivity contribution in [2.24, 2.45) is 0 Å². The van der Waals surface area contributed by atoms with Gasteiger partial charge < -0.3 is 14.6 Å². The quantitative estimate of drug-likeness (QED) is 0.901. The van der Waals surface area contributed by atoms with Crippen LogP contribution in [-0.4, -0.2) is 41.3 Å². The highest BCUT2D eigenvalue weighted by atomic mass is 19.1. The predicted molar refractivity (Wildman–Crippen MR) is 80.7 cm³/mol. The van der Waals surface area contributed by atoms with Gasteiger partial charge in [-0.15, -0.1) is 0 Å². The van der Waals surface area contributed by atoms with Crippen LogP contribution in [0.1, 0.15) is 12.7 Å². The van der Waals surface area contributed by atoms with Gasteiger partial charge in [-0.2, -0.15) is 4.98 Å². The van der Waals surface area contributed by atoms with Crippen LogP contribution in [0.15, 0.2) is 16.7 Å². The molecule has 1 unspecified atom stereocenters. The van der Waals surface area contributed by atoms with Crippen LogP contribution in [0.2, 0.25) is 0 Å². The van der Waals surface area contributed by atoms with Gasteiger partial charge in [-0.1, -0.05) is 5.16 Å². The fraction of sp³-hybridized carbons (Fsp3) is 0.333. The van der Waals surface area contributed by atoms with Gasteiger partial charge >= 0.3 is 6.09 Å². The molecule has 0 bridgehead atoms. The van der Waals surface area contributed by atoms with Gasteiger partial charge in [-0.25, -0.2) is 13.6 Å². The third-order valence-corrected chi connectivity index (χ3v) is 3.53. The smallest absolute Gasteiger partial charge is 0.414 e. The number of halogens is 2. The molecule has 1 atom stereocenters. The van der Waals surface area contributed by atoms with E-state index >= 15 is 0 Å². The molecule has 1 aromatic carbocycles. The first-order chi connectivity index (χ1) is 11.8. The molecule has 10 heteroatoms. The van der Waals surface area contributed by atoms with E-state index in [-0.39, 0.29) is 36.4 Å². The number of aryl methyl sites for hydroxylation is 1.